The molecule has 3 nitrogen and oxygen atoms in total. The molecule has 0 saturated heterocycles. The highest BCUT2D eigenvalue weighted by atomic mass is 19.4. The highest BCUT2D eigenvalue weighted by Crippen LogP contribution is 2.22. The zero-order valence-electron chi connectivity index (χ0n) is 9.91. The first-order valence-corrected chi connectivity index (χ1v) is 5.24. The fourth-order valence-electron chi connectivity index (χ4n) is 1.17. The van der Waals surface area contributed by atoms with Gasteiger partial charge in [-0.05, 0) is 26.0 Å². The monoisotopic (exact) mass is 259 g/mol. The lowest BCUT2D eigenvalue weighted by Gasteiger charge is -2.09. The number of hydrogen-bond donors (Lipinski definition) is 0. The van der Waals surface area contributed by atoms with Crippen molar-refractivity contribution in [2.75, 3.05) is 6.61 Å². The molecule has 0 bridgehead atoms. The third-order valence-electron chi connectivity index (χ3n) is 2.01. The van der Waals surface area contributed by atoms with E-state index in [1.54, 1.807) is 19.1 Å². The topological polar surface area (TPSA) is 38.7 Å². The molecule has 1 aromatic carbocycles. The van der Waals surface area contributed by atoms with E-state index in [0.717, 1.165) is 5.56 Å². The van der Waals surface area contributed by atoms with E-state index in [1.165, 1.54) is 19.1 Å². The minimum absolute atomic E-state index is 0.0565. The number of aryl methyl sites for hydroxylation is 1. The molecule has 18 heavy (non-hydrogen) atoms. The van der Waals surface area contributed by atoms with Gasteiger partial charge in [0.15, 0.2) is 0 Å². The summed E-state index contributed by atoms with van der Waals surface area (Å²) in [6, 6.07) is 6.02. The van der Waals surface area contributed by atoms with Crippen LogP contribution in [0, 0.1) is 6.92 Å². The van der Waals surface area contributed by atoms with Gasteiger partial charge in [0.2, 0.25) is 5.71 Å². The van der Waals surface area contributed by atoms with Gasteiger partial charge < -0.3 is 4.74 Å². The van der Waals surface area contributed by atoms with Gasteiger partial charge in [-0.1, -0.05) is 17.7 Å². The number of nitrogens with zero attached hydrogens (tertiary/aromatic N) is 1. The number of esters is 1. The summed E-state index contributed by atoms with van der Waals surface area (Å²) in [6.45, 7) is 3.09. The Labute approximate surface area is 102 Å². The molecular formula is C12H12F3NO2. The number of benzene rings is 1. The third kappa shape index (κ3) is 3.87. The van der Waals surface area contributed by atoms with Gasteiger partial charge in [-0.25, -0.2) is 9.79 Å². The first-order valence-electron chi connectivity index (χ1n) is 5.24. The Hall–Kier alpha value is -1.85. The maximum Gasteiger partial charge on any atom is 0.440 e. The van der Waals surface area contributed by atoms with E-state index < -0.39 is 17.9 Å². The summed E-state index contributed by atoms with van der Waals surface area (Å²) in [5, 5.41) is 0. The molecule has 0 N–H and O–H groups in total. The molecule has 6 heteroatoms. The fourth-order valence-corrected chi connectivity index (χ4v) is 1.17. The molecule has 0 fully saturated rings. The predicted molar refractivity (Wildman–Crippen MR) is 61.0 cm³/mol. The van der Waals surface area contributed by atoms with Crippen LogP contribution in [0.3, 0.4) is 0 Å². The number of hydrogen-bond acceptors (Lipinski definition) is 3. The second-order valence-corrected chi connectivity index (χ2v) is 3.51. The summed E-state index contributed by atoms with van der Waals surface area (Å²) < 4.78 is 42.2. The number of carbonyl (C=O) groups excluding carboxylic acids is 1. The SMILES string of the molecule is CCOC(=O)C(=Nc1ccc(C)cc1)C(F)(F)F. The maximum absolute atomic E-state index is 12.6. The second kappa shape index (κ2) is 5.66. The molecule has 0 atom stereocenters. The number of aliphatic imine (C=N–C) groups is 1. The molecule has 0 aliphatic rings. The summed E-state index contributed by atoms with van der Waals surface area (Å²) in [7, 11) is 0. The standard InChI is InChI=1S/C12H12F3NO2/c1-3-18-11(17)10(12(13,14)15)16-9-6-4-8(2)5-7-9/h4-7H,3H2,1-2H3. The smallest absolute Gasteiger partial charge is 0.440 e. The van der Waals surface area contributed by atoms with Crippen LogP contribution in [-0.2, 0) is 9.53 Å². The lowest BCUT2D eigenvalue weighted by atomic mass is 10.2. The summed E-state index contributed by atoms with van der Waals surface area (Å²) in [6.07, 6.45) is -4.84. The number of rotatable bonds is 3. The van der Waals surface area contributed by atoms with E-state index in [0.29, 0.717) is 0 Å². The van der Waals surface area contributed by atoms with Crippen LogP contribution in [0.4, 0.5) is 18.9 Å². The average Bonchev–Trinajstić information content (AvgIpc) is 2.26. The van der Waals surface area contributed by atoms with Crippen molar-refractivity contribution >= 4 is 17.4 Å². The summed E-state index contributed by atoms with van der Waals surface area (Å²) in [5.41, 5.74) is -0.604. The second-order valence-electron chi connectivity index (χ2n) is 3.51. The van der Waals surface area contributed by atoms with Crippen LogP contribution in [0.5, 0.6) is 0 Å². The molecule has 0 aromatic heterocycles. The van der Waals surface area contributed by atoms with Crippen molar-refractivity contribution < 1.29 is 22.7 Å². The van der Waals surface area contributed by atoms with Crippen LogP contribution < -0.4 is 0 Å². The Morgan fingerprint density at radius 2 is 1.83 bits per heavy atom. The Balaban J connectivity index is 3.10. The molecular weight excluding hydrogens is 247 g/mol. The van der Waals surface area contributed by atoms with Crippen molar-refractivity contribution in [3.05, 3.63) is 29.8 Å². The van der Waals surface area contributed by atoms with Crippen molar-refractivity contribution in [3.63, 3.8) is 0 Å². The first-order chi connectivity index (χ1) is 8.34. The molecule has 0 aliphatic heterocycles. The lowest BCUT2D eigenvalue weighted by Crippen LogP contribution is -2.32. The highest BCUT2D eigenvalue weighted by molar-refractivity contribution is 6.39. The molecule has 0 amide bonds. The minimum atomic E-state index is -4.84. The van der Waals surface area contributed by atoms with Crippen LogP contribution in [0.25, 0.3) is 0 Å². The van der Waals surface area contributed by atoms with Crippen molar-refractivity contribution in [1.29, 1.82) is 0 Å². The molecule has 98 valence electrons. The molecule has 1 rings (SSSR count). The predicted octanol–water partition coefficient (Wildman–Crippen LogP) is 3.19. The lowest BCUT2D eigenvalue weighted by molar-refractivity contribution is -0.139. The third-order valence-corrected chi connectivity index (χ3v) is 2.01. The Bertz CT molecular complexity index is 449. The van der Waals surface area contributed by atoms with Crippen molar-refractivity contribution in [1.82, 2.24) is 0 Å². The number of ether oxygens (including phenoxy) is 1. The van der Waals surface area contributed by atoms with Gasteiger partial charge >= 0.3 is 12.1 Å². The summed E-state index contributed by atoms with van der Waals surface area (Å²) in [5.74, 6) is -1.47. The first kappa shape index (κ1) is 14.2. The van der Waals surface area contributed by atoms with Crippen molar-refractivity contribution in [3.8, 4) is 0 Å². The normalized spacial score (nSPS) is 12.4. The van der Waals surface area contributed by atoms with E-state index >= 15 is 0 Å². The molecule has 0 unspecified atom stereocenters. The molecule has 1 aromatic rings. The highest BCUT2D eigenvalue weighted by Gasteiger charge is 2.42. The van der Waals surface area contributed by atoms with Crippen LogP contribution >= 0.6 is 0 Å². The molecule has 0 aliphatic carbocycles. The van der Waals surface area contributed by atoms with Crippen LogP contribution in [0.1, 0.15) is 12.5 Å². The molecule has 0 radical (unpaired) electrons. The van der Waals surface area contributed by atoms with Crippen molar-refractivity contribution in [2.24, 2.45) is 4.99 Å². The maximum atomic E-state index is 12.6. The van der Waals surface area contributed by atoms with Crippen molar-refractivity contribution in [2.45, 2.75) is 20.0 Å². The number of carbonyl (C=O) groups is 1. The van der Waals surface area contributed by atoms with Gasteiger partial charge in [-0.3, -0.25) is 0 Å². The Morgan fingerprint density at radius 1 is 1.28 bits per heavy atom. The van der Waals surface area contributed by atoms with E-state index in [-0.39, 0.29) is 12.3 Å². The Morgan fingerprint density at radius 3 is 2.28 bits per heavy atom. The van der Waals surface area contributed by atoms with E-state index in [2.05, 4.69) is 9.73 Å². The van der Waals surface area contributed by atoms with Crippen LogP contribution in [-0.4, -0.2) is 24.5 Å². The zero-order chi connectivity index (χ0) is 13.8. The van der Waals surface area contributed by atoms with Crippen LogP contribution in [0.2, 0.25) is 0 Å². The minimum Gasteiger partial charge on any atom is -0.461 e. The van der Waals surface area contributed by atoms with Gasteiger partial charge in [-0.15, -0.1) is 0 Å². The van der Waals surface area contributed by atoms with Gasteiger partial charge in [0.1, 0.15) is 0 Å². The fraction of sp³-hybridized carbons (Fsp3) is 0.333. The quantitative estimate of drug-likeness (QED) is 0.617. The number of halogens is 3. The van der Waals surface area contributed by atoms with Gasteiger partial charge in [0.05, 0.1) is 12.3 Å². The van der Waals surface area contributed by atoms with Crippen LogP contribution in [0.15, 0.2) is 29.3 Å². The van der Waals surface area contributed by atoms with E-state index in [4.69, 9.17) is 0 Å². The Kier molecular flexibility index (Phi) is 4.47. The van der Waals surface area contributed by atoms with E-state index in [9.17, 15) is 18.0 Å². The van der Waals surface area contributed by atoms with E-state index in [1.807, 2.05) is 0 Å². The zero-order valence-corrected chi connectivity index (χ0v) is 9.91. The molecule has 0 saturated carbocycles. The molecule has 0 heterocycles. The van der Waals surface area contributed by atoms with Gasteiger partial charge in [-0.2, -0.15) is 13.2 Å². The molecule has 0 spiro atoms. The largest absolute Gasteiger partial charge is 0.461 e. The summed E-state index contributed by atoms with van der Waals surface area (Å²) in [4.78, 5) is 14.5. The van der Waals surface area contributed by atoms with Gasteiger partial charge in [0.25, 0.3) is 0 Å². The average molecular weight is 259 g/mol. The number of alkyl halides is 3. The van der Waals surface area contributed by atoms with Gasteiger partial charge in [0, 0.05) is 0 Å². The summed E-state index contributed by atoms with van der Waals surface area (Å²) >= 11 is 0.